The van der Waals surface area contributed by atoms with E-state index >= 15 is 0 Å². The summed E-state index contributed by atoms with van der Waals surface area (Å²) < 4.78 is 14.2. The number of aryl methyl sites for hydroxylation is 2. The number of fused-ring (bicyclic) bond motifs is 3. The molecular weight excluding hydrogens is 360 g/mol. The minimum Gasteiger partial charge on any atom is -0.496 e. The Balaban J connectivity index is 1.89. The molecular formula is C18H16N8O2. The third-order valence-electron chi connectivity index (χ3n) is 4.62. The Morgan fingerprint density at radius 1 is 1.18 bits per heavy atom. The largest absolute Gasteiger partial charge is 0.496 e. The average molecular weight is 376 g/mol. The van der Waals surface area contributed by atoms with Gasteiger partial charge in [-0.1, -0.05) is 24.2 Å². The van der Waals surface area contributed by atoms with E-state index < -0.39 is 0 Å². The second-order valence-electron chi connectivity index (χ2n) is 6.23. The topological polar surface area (TPSA) is 109 Å². The fourth-order valence-electron chi connectivity index (χ4n) is 3.24. The molecule has 0 amide bonds. The van der Waals surface area contributed by atoms with E-state index in [0.717, 1.165) is 23.0 Å². The number of ether oxygens (including phenoxy) is 1. The number of aromatic nitrogens is 8. The van der Waals surface area contributed by atoms with Crippen LogP contribution < -0.4 is 4.74 Å². The van der Waals surface area contributed by atoms with Crippen LogP contribution in [0.2, 0.25) is 0 Å². The molecule has 0 spiro atoms. The highest BCUT2D eigenvalue weighted by molar-refractivity contribution is 6.04. The predicted molar refractivity (Wildman–Crippen MR) is 99.7 cm³/mol. The van der Waals surface area contributed by atoms with Crippen molar-refractivity contribution in [2.75, 3.05) is 7.11 Å². The van der Waals surface area contributed by atoms with E-state index in [0.29, 0.717) is 34.4 Å². The van der Waals surface area contributed by atoms with Crippen molar-refractivity contribution < 1.29 is 9.26 Å². The molecule has 0 aliphatic heterocycles. The lowest BCUT2D eigenvalue weighted by molar-refractivity contribution is 0.388. The van der Waals surface area contributed by atoms with E-state index in [2.05, 4.69) is 25.4 Å². The van der Waals surface area contributed by atoms with Crippen LogP contribution in [0.1, 0.15) is 12.7 Å². The zero-order chi connectivity index (χ0) is 19.3. The van der Waals surface area contributed by atoms with Crippen LogP contribution in [0.3, 0.4) is 0 Å². The average Bonchev–Trinajstić information content (AvgIpc) is 3.45. The van der Waals surface area contributed by atoms with Gasteiger partial charge in [0, 0.05) is 24.9 Å². The first kappa shape index (κ1) is 16.4. The van der Waals surface area contributed by atoms with Gasteiger partial charge in [0.1, 0.15) is 23.5 Å². The molecule has 0 N–H and O–H groups in total. The maximum absolute atomic E-state index is 5.58. The van der Waals surface area contributed by atoms with Gasteiger partial charge in [0.25, 0.3) is 0 Å². The summed E-state index contributed by atoms with van der Waals surface area (Å²) in [6.45, 7) is 2.00. The second kappa shape index (κ2) is 6.12. The molecule has 0 unspecified atom stereocenters. The Kier molecular flexibility index (Phi) is 3.57. The number of hydrogen-bond donors (Lipinski definition) is 0. The van der Waals surface area contributed by atoms with E-state index in [9.17, 15) is 0 Å². The molecule has 5 aromatic rings. The number of nitrogens with zero attached hydrogens (tertiary/aromatic N) is 8. The van der Waals surface area contributed by atoms with Crippen LogP contribution in [0.5, 0.6) is 5.75 Å². The van der Waals surface area contributed by atoms with Crippen molar-refractivity contribution in [2.24, 2.45) is 7.05 Å². The van der Waals surface area contributed by atoms with Crippen molar-refractivity contribution >= 4 is 16.4 Å². The first-order valence-electron chi connectivity index (χ1n) is 8.73. The molecule has 10 nitrogen and oxygen atoms in total. The molecule has 0 bridgehead atoms. The minimum absolute atomic E-state index is 0.492. The monoisotopic (exact) mass is 376 g/mol. The maximum atomic E-state index is 5.58. The molecule has 1 aromatic carbocycles. The number of hydrogen-bond acceptors (Lipinski definition) is 8. The zero-order valence-corrected chi connectivity index (χ0v) is 15.5. The third kappa shape index (κ3) is 2.27. The summed E-state index contributed by atoms with van der Waals surface area (Å²) in [7, 11) is 3.43. The summed E-state index contributed by atoms with van der Waals surface area (Å²) in [5, 5.41) is 23.4. The van der Waals surface area contributed by atoms with Crippen molar-refractivity contribution in [3.05, 3.63) is 36.4 Å². The van der Waals surface area contributed by atoms with E-state index in [1.165, 1.54) is 6.33 Å². The van der Waals surface area contributed by atoms with Crippen LogP contribution in [0.4, 0.5) is 0 Å². The lowest BCUT2D eigenvalue weighted by atomic mass is 10.1. The SMILES string of the molecule is CCc1cc(-c2nnc3c4cccc(OC)c4c(-c4ncnn4C)nn23)no1. The maximum Gasteiger partial charge on any atom is 0.207 e. The Bertz CT molecular complexity index is 1320. The molecule has 140 valence electrons. The second-order valence-corrected chi connectivity index (χ2v) is 6.23. The van der Waals surface area contributed by atoms with Crippen LogP contribution in [0, 0.1) is 0 Å². The smallest absolute Gasteiger partial charge is 0.207 e. The molecule has 0 atom stereocenters. The Hall–Kier alpha value is -3.82. The van der Waals surface area contributed by atoms with Gasteiger partial charge < -0.3 is 9.26 Å². The summed E-state index contributed by atoms with van der Waals surface area (Å²) >= 11 is 0. The molecule has 0 saturated carbocycles. The number of benzene rings is 1. The summed E-state index contributed by atoms with van der Waals surface area (Å²) in [5.41, 5.74) is 1.78. The van der Waals surface area contributed by atoms with Crippen LogP contribution in [-0.2, 0) is 13.5 Å². The zero-order valence-electron chi connectivity index (χ0n) is 15.5. The Morgan fingerprint density at radius 3 is 2.79 bits per heavy atom. The molecule has 10 heteroatoms. The van der Waals surface area contributed by atoms with Crippen LogP contribution >= 0.6 is 0 Å². The molecule has 0 aliphatic rings. The van der Waals surface area contributed by atoms with Gasteiger partial charge in [-0.3, -0.25) is 0 Å². The Morgan fingerprint density at radius 2 is 2.07 bits per heavy atom. The summed E-state index contributed by atoms with van der Waals surface area (Å²) in [5.74, 6) is 2.53. The van der Waals surface area contributed by atoms with E-state index in [1.54, 1.807) is 16.3 Å². The predicted octanol–water partition coefficient (Wildman–Crippen LogP) is 2.30. The first-order valence-corrected chi connectivity index (χ1v) is 8.73. The van der Waals surface area contributed by atoms with Gasteiger partial charge in [-0.05, 0) is 6.07 Å². The quantitative estimate of drug-likeness (QED) is 0.470. The first-order chi connectivity index (χ1) is 13.7. The molecule has 4 heterocycles. The lowest BCUT2D eigenvalue weighted by Crippen LogP contribution is -2.04. The number of methoxy groups -OCH3 is 1. The normalized spacial score (nSPS) is 11.5. The summed E-state index contributed by atoms with van der Waals surface area (Å²) in [6.07, 6.45) is 2.22. The van der Waals surface area contributed by atoms with Gasteiger partial charge in [-0.2, -0.15) is 14.7 Å². The molecule has 0 fully saturated rings. The number of rotatable bonds is 4. The summed E-state index contributed by atoms with van der Waals surface area (Å²) in [6, 6.07) is 7.58. The lowest BCUT2D eigenvalue weighted by Gasteiger charge is -2.10. The van der Waals surface area contributed by atoms with Crippen LogP contribution in [-0.4, -0.2) is 46.8 Å². The fraction of sp³-hybridized carbons (Fsp3) is 0.222. The van der Waals surface area contributed by atoms with Crippen molar-refractivity contribution in [1.82, 2.24) is 39.7 Å². The highest BCUT2D eigenvalue weighted by Gasteiger charge is 2.22. The van der Waals surface area contributed by atoms with Gasteiger partial charge in [0.15, 0.2) is 17.2 Å². The summed E-state index contributed by atoms with van der Waals surface area (Å²) in [4.78, 5) is 4.37. The van der Waals surface area contributed by atoms with E-state index in [-0.39, 0.29) is 0 Å². The van der Waals surface area contributed by atoms with Crippen LogP contribution in [0.15, 0.2) is 35.1 Å². The van der Waals surface area contributed by atoms with Gasteiger partial charge in [-0.15, -0.1) is 10.2 Å². The molecule has 28 heavy (non-hydrogen) atoms. The van der Waals surface area contributed by atoms with Crippen molar-refractivity contribution in [1.29, 1.82) is 0 Å². The minimum atomic E-state index is 0.492. The van der Waals surface area contributed by atoms with Crippen LogP contribution in [0.25, 0.3) is 39.5 Å². The van der Waals surface area contributed by atoms with Gasteiger partial charge in [0.05, 0.1) is 12.5 Å². The fourth-order valence-corrected chi connectivity index (χ4v) is 3.24. The highest BCUT2D eigenvalue weighted by atomic mass is 16.5. The Labute approximate surface area is 158 Å². The van der Waals surface area contributed by atoms with Crippen molar-refractivity contribution in [3.63, 3.8) is 0 Å². The molecule has 0 saturated heterocycles. The van der Waals surface area contributed by atoms with E-state index in [4.69, 9.17) is 14.4 Å². The molecule has 0 radical (unpaired) electrons. The van der Waals surface area contributed by atoms with E-state index in [1.807, 2.05) is 38.2 Å². The van der Waals surface area contributed by atoms with Crippen molar-refractivity contribution in [3.8, 4) is 28.8 Å². The standard InChI is InChI=1S/C18H16N8O2/c1-4-10-8-12(24-28-10)17-22-21-16-11-6-5-7-13(27-3)14(11)15(23-26(16)17)18-19-9-20-25(18)2/h5-9H,4H2,1-3H3. The molecule has 4 aromatic heterocycles. The van der Waals surface area contributed by atoms with Gasteiger partial charge in [0.2, 0.25) is 5.82 Å². The van der Waals surface area contributed by atoms with Gasteiger partial charge in [-0.25, -0.2) is 9.67 Å². The molecule has 0 aliphatic carbocycles. The van der Waals surface area contributed by atoms with Gasteiger partial charge >= 0.3 is 0 Å². The van der Waals surface area contributed by atoms with Crippen molar-refractivity contribution in [2.45, 2.75) is 13.3 Å². The molecule has 5 rings (SSSR count). The third-order valence-corrected chi connectivity index (χ3v) is 4.62. The highest BCUT2D eigenvalue weighted by Crippen LogP contribution is 2.35.